The van der Waals surface area contributed by atoms with E-state index in [4.69, 9.17) is 14.2 Å². The van der Waals surface area contributed by atoms with Gasteiger partial charge >= 0.3 is 6.03 Å². The molecular formula is C24H30N2O5. The molecule has 2 aromatic rings. The molecule has 0 aromatic heterocycles. The number of hydrogen-bond donors (Lipinski definition) is 2. The molecule has 2 fully saturated rings. The van der Waals surface area contributed by atoms with Crippen LogP contribution in [0.15, 0.2) is 48.5 Å². The third-order valence-electron chi connectivity index (χ3n) is 5.65. The Kier molecular flexibility index (Phi) is 7.27. The molecule has 4 rings (SSSR count). The summed E-state index contributed by atoms with van der Waals surface area (Å²) in [6, 6.07) is 14.2. The van der Waals surface area contributed by atoms with Gasteiger partial charge in [-0.1, -0.05) is 18.2 Å². The number of carbonyl (C=O) groups excluding carboxylic acids is 1. The summed E-state index contributed by atoms with van der Waals surface area (Å²) < 4.78 is 17.1. The molecule has 2 aromatic carbocycles. The normalized spacial score (nSPS) is 20.5. The van der Waals surface area contributed by atoms with Crippen molar-refractivity contribution in [1.82, 2.24) is 4.90 Å². The second-order valence-corrected chi connectivity index (χ2v) is 8.04. The highest BCUT2D eigenvalue weighted by atomic mass is 16.5. The maximum atomic E-state index is 13.0. The molecule has 7 heteroatoms. The van der Waals surface area contributed by atoms with E-state index in [1.165, 1.54) is 0 Å². The summed E-state index contributed by atoms with van der Waals surface area (Å²) in [5.74, 6) is 0.930. The third-order valence-corrected chi connectivity index (χ3v) is 5.65. The van der Waals surface area contributed by atoms with Gasteiger partial charge in [-0.15, -0.1) is 0 Å². The van der Waals surface area contributed by atoms with E-state index in [0.29, 0.717) is 30.9 Å². The van der Waals surface area contributed by atoms with Crippen molar-refractivity contribution in [2.24, 2.45) is 0 Å². The Morgan fingerprint density at radius 2 is 1.74 bits per heavy atom. The van der Waals surface area contributed by atoms with Crippen LogP contribution in [0.3, 0.4) is 0 Å². The third kappa shape index (κ3) is 6.12. The first-order valence-electron chi connectivity index (χ1n) is 11.0. The Balaban J connectivity index is 1.37. The predicted octanol–water partition coefficient (Wildman–Crippen LogP) is 4.16. The number of carbonyl (C=O) groups is 1. The van der Waals surface area contributed by atoms with E-state index < -0.39 is 0 Å². The number of para-hydroxylation sites is 1. The zero-order valence-electron chi connectivity index (χ0n) is 17.7. The lowest BCUT2D eigenvalue weighted by atomic mass is 10.1. The Morgan fingerprint density at radius 3 is 2.42 bits per heavy atom. The van der Waals surface area contributed by atoms with Crippen molar-refractivity contribution in [1.29, 1.82) is 0 Å². The number of anilines is 1. The number of aromatic hydroxyl groups is 1. The molecule has 0 spiro atoms. The molecule has 166 valence electrons. The molecule has 0 radical (unpaired) electrons. The van der Waals surface area contributed by atoms with Gasteiger partial charge in [0.05, 0.1) is 18.8 Å². The van der Waals surface area contributed by atoms with Crippen LogP contribution in [0, 0.1) is 0 Å². The van der Waals surface area contributed by atoms with Gasteiger partial charge in [0, 0.05) is 31.0 Å². The number of amides is 2. The smallest absolute Gasteiger partial charge is 0.322 e. The van der Waals surface area contributed by atoms with Crippen molar-refractivity contribution in [3.63, 3.8) is 0 Å². The first-order valence-corrected chi connectivity index (χ1v) is 11.0. The lowest BCUT2D eigenvalue weighted by Gasteiger charge is -2.26. The van der Waals surface area contributed by atoms with E-state index >= 15 is 0 Å². The quantitative estimate of drug-likeness (QED) is 0.662. The fraction of sp³-hybridized carbons (Fsp3) is 0.458. The van der Waals surface area contributed by atoms with Gasteiger partial charge in [0.1, 0.15) is 18.1 Å². The van der Waals surface area contributed by atoms with E-state index in [-0.39, 0.29) is 24.0 Å². The summed E-state index contributed by atoms with van der Waals surface area (Å²) in [7, 11) is 0. The Labute approximate surface area is 182 Å². The van der Waals surface area contributed by atoms with Gasteiger partial charge in [-0.25, -0.2) is 4.79 Å². The van der Waals surface area contributed by atoms with E-state index in [0.717, 1.165) is 44.6 Å². The number of nitrogens with zero attached hydrogens (tertiary/aromatic N) is 1. The minimum atomic E-state index is -0.230. The maximum absolute atomic E-state index is 13.0. The molecule has 2 amide bonds. The van der Waals surface area contributed by atoms with Crippen LogP contribution in [0.1, 0.15) is 31.2 Å². The lowest BCUT2D eigenvalue weighted by molar-refractivity contribution is 0.0679. The van der Waals surface area contributed by atoms with Crippen LogP contribution in [0.25, 0.3) is 0 Å². The second-order valence-electron chi connectivity index (χ2n) is 8.04. The lowest BCUT2D eigenvalue weighted by Crippen LogP contribution is -2.39. The van der Waals surface area contributed by atoms with Gasteiger partial charge in [-0.3, -0.25) is 0 Å². The number of nitrogens with one attached hydrogen (secondary N) is 1. The molecular weight excluding hydrogens is 396 g/mol. The number of urea groups is 1. The second kappa shape index (κ2) is 10.5. The largest absolute Gasteiger partial charge is 0.508 e. The molecule has 2 atom stereocenters. The zero-order valence-corrected chi connectivity index (χ0v) is 17.7. The molecule has 31 heavy (non-hydrogen) atoms. The SMILES string of the molecule is O=C(Nc1ccc(OC[C@@H]2CCCO2)cc1)N(Cc1ccccc1O)C[C@H]1CCCO1. The minimum Gasteiger partial charge on any atom is -0.508 e. The maximum Gasteiger partial charge on any atom is 0.322 e. The highest BCUT2D eigenvalue weighted by molar-refractivity contribution is 5.89. The number of hydrogen-bond acceptors (Lipinski definition) is 5. The van der Waals surface area contributed by atoms with Gasteiger partial charge in [0.15, 0.2) is 0 Å². The van der Waals surface area contributed by atoms with Crippen LogP contribution in [0.4, 0.5) is 10.5 Å². The Bertz CT molecular complexity index is 845. The van der Waals surface area contributed by atoms with Crippen LogP contribution in [0.5, 0.6) is 11.5 Å². The van der Waals surface area contributed by atoms with Crippen molar-refractivity contribution in [2.75, 3.05) is 31.7 Å². The highest BCUT2D eigenvalue weighted by Crippen LogP contribution is 2.22. The summed E-state index contributed by atoms with van der Waals surface area (Å²) in [5, 5.41) is 13.1. The number of phenols is 1. The number of benzene rings is 2. The van der Waals surface area contributed by atoms with Crippen molar-refractivity contribution >= 4 is 11.7 Å². The Hall–Kier alpha value is -2.77. The van der Waals surface area contributed by atoms with Crippen molar-refractivity contribution in [2.45, 2.75) is 44.4 Å². The van der Waals surface area contributed by atoms with Crippen LogP contribution >= 0.6 is 0 Å². The van der Waals surface area contributed by atoms with Crippen molar-refractivity contribution in [3.05, 3.63) is 54.1 Å². The molecule has 2 aliphatic rings. The van der Waals surface area contributed by atoms with Crippen LogP contribution in [-0.2, 0) is 16.0 Å². The predicted molar refractivity (Wildman–Crippen MR) is 117 cm³/mol. The van der Waals surface area contributed by atoms with Gasteiger partial charge in [-0.05, 0) is 56.0 Å². The van der Waals surface area contributed by atoms with Gasteiger partial charge in [0.25, 0.3) is 0 Å². The standard InChI is InChI=1S/C24H30N2O5/c27-23-8-2-1-5-18(23)15-26(16-21-6-3-13-29-21)24(28)25-19-9-11-20(12-10-19)31-17-22-7-4-14-30-22/h1-2,5,8-12,21-22,27H,3-4,6-7,13-17H2,(H,25,28)/t21-,22+/m1/s1. The van der Waals surface area contributed by atoms with E-state index in [9.17, 15) is 9.90 Å². The monoisotopic (exact) mass is 426 g/mol. The number of ether oxygens (including phenoxy) is 3. The Morgan fingerprint density at radius 1 is 1.03 bits per heavy atom. The van der Waals surface area contributed by atoms with Crippen LogP contribution in [0.2, 0.25) is 0 Å². The molecule has 7 nitrogen and oxygen atoms in total. The molecule has 2 N–H and O–H groups in total. The summed E-state index contributed by atoms with van der Waals surface area (Å²) >= 11 is 0. The van der Waals surface area contributed by atoms with Gasteiger partial charge in [0.2, 0.25) is 0 Å². The molecule has 0 saturated carbocycles. The van der Waals surface area contributed by atoms with E-state index in [2.05, 4.69) is 5.32 Å². The highest BCUT2D eigenvalue weighted by Gasteiger charge is 2.24. The number of phenolic OH excluding ortho intramolecular Hbond substituents is 1. The molecule has 2 saturated heterocycles. The first-order chi connectivity index (χ1) is 15.2. The average Bonchev–Trinajstić information content (AvgIpc) is 3.48. The van der Waals surface area contributed by atoms with E-state index in [1.807, 2.05) is 36.4 Å². The summed E-state index contributed by atoms with van der Waals surface area (Å²) in [6.45, 7) is 2.86. The summed E-state index contributed by atoms with van der Waals surface area (Å²) in [5.41, 5.74) is 1.39. The number of rotatable bonds is 8. The fourth-order valence-corrected chi connectivity index (χ4v) is 3.91. The van der Waals surface area contributed by atoms with Gasteiger partial charge < -0.3 is 29.5 Å². The average molecular weight is 427 g/mol. The van der Waals surface area contributed by atoms with Crippen molar-refractivity contribution < 1.29 is 24.1 Å². The molecule has 2 aliphatic heterocycles. The van der Waals surface area contributed by atoms with Crippen molar-refractivity contribution in [3.8, 4) is 11.5 Å². The molecule has 0 unspecified atom stereocenters. The van der Waals surface area contributed by atoms with Crippen LogP contribution < -0.4 is 10.1 Å². The zero-order chi connectivity index (χ0) is 21.5. The molecule has 0 bridgehead atoms. The first kappa shape index (κ1) is 21.5. The van der Waals surface area contributed by atoms with E-state index in [1.54, 1.807) is 17.0 Å². The summed E-state index contributed by atoms with van der Waals surface area (Å²) in [6.07, 6.45) is 4.24. The topological polar surface area (TPSA) is 80.3 Å². The summed E-state index contributed by atoms with van der Waals surface area (Å²) in [4.78, 5) is 14.7. The van der Waals surface area contributed by atoms with Crippen LogP contribution in [-0.4, -0.2) is 54.6 Å². The fourth-order valence-electron chi connectivity index (χ4n) is 3.91. The minimum absolute atomic E-state index is 0.0187. The van der Waals surface area contributed by atoms with Gasteiger partial charge in [-0.2, -0.15) is 0 Å². The molecule has 0 aliphatic carbocycles. The molecule has 2 heterocycles.